The van der Waals surface area contributed by atoms with Crippen molar-refractivity contribution in [3.8, 4) is 0 Å². The Kier molecular flexibility index (Phi) is 5.38. The maximum Gasteiger partial charge on any atom is 0.373 e. The Balaban J connectivity index is 2.62. The average molecular weight is 255 g/mol. The van der Waals surface area contributed by atoms with Crippen molar-refractivity contribution >= 4 is 11.9 Å². The first-order valence-electron chi connectivity index (χ1n) is 5.56. The van der Waals surface area contributed by atoms with Crippen molar-refractivity contribution in [3.05, 3.63) is 23.7 Å². The molecule has 0 saturated heterocycles. The van der Waals surface area contributed by atoms with E-state index in [-0.39, 0.29) is 18.3 Å². The molecule has 0 fully saturated rings. The summed E-state index contributed by atoms with van der Waals surface area (Å²) >= 11 is 0. The van der Waals surface area contributed by atoms with E-state index in [1.165, 1.54) is 14.2 Å². The Bertz CT molecular complexity index is 412. The highest BCUT2D eigenvalue weighted by molar-refractivity contribution is 5.86. The second kappa shape index (κ2) is 6.80. The molecule has 100 valence electrons. The Morgan fingerprint density at radius 3 is 2.56 bits per heavy atom. The molecule has 1 rings (SSSR count). The van der Waals surface area contributed by atoms with Crippen LogP contribution in [-0.2, 0) is 20.8 Å². The normalized spacial score (nSPS) is 10.4. The Labute approximate surface area is 105 Å². The van der Waals surface area contributed by atoms with Crippen molar-refractivity contribution in [3.63, 3.8) is 0 Å². The lowest BCUT2D eigenvalue weighted by atomic mass is 10.3. The minimum absolute atomic E-state index is 0.154. The van der Waals surface area contributed by atoms with Gasteiger partial charge < -0.3 is 13.9 Å². The largest absolute Gasteiger partial charge is 0.468 e. The first-order valence-corrected chi connectivity index (χ1v) is 5.56. The molecular weight excluding hydrogens is 238 g/mol. The Morgan fingerprint density at radius 1 is 1.28 bits per heavy atom. The molecule has 0 aliphatic heterocycles. The van der Waals surface area contributed by atoms with E-state index in [0.717, 1.165) is 0 Å². The third-order valence-corrected chi connectivity index (χ3v) is 2.46. The van der Waals surface area contributed by atoms with Crippen molar-refractivity contribution in [2.24, 2.45) is 0 Å². The van der Waals surface area contributed by atoms with Crippen LogP contribution in [0.4, 0.5) is 0 Å². The molecule has 0 amide bonds. The molecular formula is C12H17NO5. The molecule has 1 heterocycles. The maximum absolute atomic E-state index is 11.2. The van der Waals surface area contributed by atoms with E-state index < -0.39 is 5.97 Å². The number of esters is 2. The zero-order valence-corrected chi connectivity index (χ0v) is 10.8. The number of carbonyl (C=O) groups excluding carboxylic acids is 2. The highest BCUT2D eigenvalue weighted by Gasteiger charge is 2.14. The fraction of sp³-hybridized carbons (Fsp3) is 0.500. The first kappa shape index (κ1) is 14.2. The molecule has 0 aromatic carbocycles. The fourth-order valence-electron chi connectivity index (χ4n) is 1.42. The summed E-state index contributed by atoms with van der Waals surface area (Å²) in [5.41, 5.74) is 0. The van der Waals surface area contributed by atoms with E-state index >= 15 is 0 Å². The molecule has 0 aliphatic rings. The van der Waals surface area contributed by atoms with Crippen molar-refractivity contribution in [1.29, 1.82) is 0 Å². The number of furan rings is 1. The van der Waals surface area contributed by atoms with Crippen LogP contribution in [0.5, 0.6) is 0 Å². The topological polar surface area (TPSA) is 69.0 Å². The van der Waals surface area contributed by atoms with Crippen molar-refractivity contribution < 1.29 is 23.5 Å². The lowest BCUT2D eigenvalue weighted by Gasteiger charge is -2.17. The molecule has 6 heteroatoms. The molecule has 0 saturated carbocycles. The summed E-state index contributed by atoms with van der Waals surface area (Å²) in [7, 11) is 2.64. The van der Waals surface area contributed by atoms with Gasteiger partial charge in [0.25, 0.3) is 0 Å². The minimum atomic E-state index is -0.516. The van der Waals surface area contributed by atoms with E-state index in [9.17, 15) is 9.59 Å². The molecule has 6 nitrogen and oxygen atoms in total. The van der Waals surface area contributed by atoms with Gasteiger partial charge in [-0.15, -0.1) is 0 Å². The molecule has 0 bridgehead atoms. The van der Waals surface area contributed by atoms with Gasteiger partial charge in [0, 0.05) is 0 Å². The maximum atomic E-state index is 11.2. The second-order valence-electron chi connectivity index (χ2n) is 3.64. The summed E-state index contributed by atoms with van der Waals surface area (Å²) in [5, 5.41) is 0. The van der Waals surface area contributed by atoms with Crippen LogP contribution >= 0.6 is 0 Å². The molecule has 18 heavy (non-hydrogen) atoms. The highest BCUT2D eigenvalue weighted by atomic mass is 16.5. The van der Waals surface area contributed by atoms with Gasteiger partial charge in [0.15, 0.2) is 0 Å². The van der Waals surface area contributed by atoms with E-state index in [0.29, 0.717) is 18.8 Å². The van der Waals surface area contributed by atoms with Crippen molar-refractivity contribution in [2.45, 2.75) is 13.5 Å². The van der Waals surface area contributed by atoms with Crippen LogP contribution in [0.15, 0.2) is 16.5 Å². The monoisotopic (exact) mass is 255 g/mol. The molecule has 0 N–H and O–H groups in total. The summed E-state index contributed by atoms with van der Waals surface area (Å²) in [6, 6.07) is 3.24. The number of ether oxygens (including phenoxy) is 2. The predicted molar refractivity (Wildman–Crippen MR) is 63.0 cm³/mol. The Morgan fingerprint density at radius 2 is 2.00 bits per heavy atom. The highest BCUT2D eigenvalue weighted by Crippen LogP contribution is 2.11. The van der Waals surface area contributed by atoms with Crippen LogP contribution in [0, 0.1) is 0 Å². The summed E-state index contributed by atoms with van der Waals surface area (Å²) < 4.78 is 14.5. The quantitative estimate of drug-likeness (QED) is 0.708. The number of rotatable bonds is 6. The SMILES string of the molecule is CCN(CC(=O)OC)Cc1ccc(C(=O)OC)o1. The smallest absolute Gasteiger partial charge is 0.373 e. The molecule has 0 spiro atoms. The number of likely N-dealkylation sites (N-methyl/N-ethyl adjacent to an activating group) is 1. The van der Waals surface area contributed by atoms with Crippen molar-refractivity contribution in [1.82, 2.24) is 4.90 Å². The summed E-state index contributed by atoms with van der Waals surface area (Å²) in [5.74, 6) is -0.0726. The van der Waals surface area contributed by atoms with E-state index in [1.807, 2.05) is 11.8 Å². The zero-order valence-electron chi connectivity index (χ0n) is 10.8. The third kappa shape index (κ3) is 3.89. The van der Waals surface area contributed by atoms with E-state index in [2.05, 4.69) is 9.47 Å². The number of nitrogens with zero attached hydrogens (tertiary/aromatic N) is 1. The standard InChI is InChI=1S/C12H17NO5/c1-4-13(8-11(14)16-2)7-9-5-6-10(18-9)12(15)17-3/h5-6H,4,7-8H2,1-3H3. The van der Waals surface area contributed by atoms with E-state index in [1.54, 1.807) is 12.1 Å². The van der Waals surface area contributed by atoms with Crippen LogP contribution in [0.3, 0.4) is 0 Å². The number of methoxy groups -OCH3 is 2. The predicted octanol–water partition coefficient (Wildman–Crippen LogP) is 1.06. The van der Waals surface area contributed by atoms with Crippen molar-refractivity contribution in [2.75, 3.05) is 27.3 Å². The molecule has 0 aliphatic carbocycles. The molecule has 1 aromatic heterocycles. The van der Waals surface area contributed by atoms with Gasteiger partial charge in [0.2, 0.25) is 5.76 Å². The number of carbonyl (C=O) groups is 2. The van der Waals surface area contributed by atoms with Gasteiger partial charge >= 0.3 is 11.9 Å². The molecule has 0 radical (unpaired) electrons. The molecule has 1 aromatic rings. The van der Waals surface area contributed by atoms with Crippen LogP contribution < -0.4 is 0 Å². The van der Waals surface area contributed by atoms with Gasteiger partial charge in [-0.05, 0) is 18.7 Å². The lowest BCUT2D eigenvalue weighted by Crippen LogP contribution is -2.29. The first-order chi connectivity index (χ1) is 8.60. The van der Waals surface area contributed by atoms with E-state index in [4.69, 9.17) is 4.42 Å². The van der Waals surface area contributed by atoms with Gasteiger partial charge in [0.1, 0.15) is 5.76 Å². The van der Waals surface area contributed by atoms with Crippen LogP contribution in [0.2, 0.25) is 0 Å². The lowest BCUT2D eigenvalue weighted by molar-refractivity contribution is -0.142. The van der Waals surface area contributed by atoms with Gasteiger partial charge in [-0.3, -0.25) is 9.69 Å². The second-order valence-corrected chi connectivity index (χ2v) is 3.64. The van der Waals surface area contributed by atoms with Gasteiger partial charge in [-0.25, -0.2) is 4.79 Å². The van der Waals surface area contributed by atoms with Gasteiger partial charge in [-0.2, -0.15) is 0 Å². The van der Waals surface area contributed by atoms with Crippen LogP contribution in [-0.4, -0.2) is 44.1 Å². The zero-order chi connectivity index (χ0) is 13.5. The number of hydrogen-bond acceptors (Lipinski definition) is 6. The van der Waals surface area contributed by atoms with Gasteiger partial charge in [0.05, 0.1) is 27.3 Å². The average Bonchev–Trinajstić information content (AvgIpc) is 2.85. The summed E-state index contributed by atoms with van der Waals surface area (Å²) in [6.45, 7) is 3.21. The minimum Gasteiger partial charge on any atom is -0.468 e. The van der Waals surface area contributed by atoms with Crippen LogP contribution in [0.1, 0.15) is 23.2 Å². The molecule has 0 unspecified atom stereocenters. The third-order valence-electron chi connectivity index (χ3n) is 2.46. The fourth-order valence-corrected chi connectivity index (χ4v) is 1.42. The van der Waals surface area contributed by atoms with Crippen LogP contribution in [0.25, 0.3) is 0 Å². The summed E-state index contributed by atoms with van der Waals surface area (Å²) in [4.78, 5) is 24.2. The Hall–Kier alpha value is -1.82. The molecule has 0 atom stereocenters. The summed E-state index contributed by atoms with van der Waals surface area (Å²) in [6.07, 6.45) is 0. The van der Waals surface area contributed by atoms with Gasteiger partial charge in [-0.1, -0.05) is 6.92 Å². The number of hydrogen-bond donors (Lipinski definition) is 0.